The highest BCUT2D eigenvalue weighted by Gasteiger charge is 2.38. The van der Waals surface area contributed by atoms with Gasteiger partial charge in [0.25, 0.3) is 0 Å². The standard InChI is InChI=1S/C27H22ClNO4/c1-32-27(31)21-5-2-3-8-24(21)33-26(30)17-11-14-23-22(15-17)19-6-4-7-20(19)25(29-23)16-9-12-18(28)13-10-16/h2-6,8-15,19-20,25,29H,7H2,1H3/t19-,20-,25-/m0/s1. The van der Waals surface area contributed by atoms with Crippen LogP contribution in [0.15, 0.2) is 78.9 Å². The number of para-hydroxylation sites is 1. The fourth-order valence-electron chi connectivity index (χ4n) is 4.71. The van der Waals surface area contributed by atoms with Gasteiger partial charge in [0, 0.05) is 16.6 Å². The van der Waals surface area contributed by atoms with Crippen LogP contribution in [0, 0.1) is 5.92 Å². The van der Waals surface area contributed by atoms with Crippen LogP contribution < -0.4 is 10.1 Å². The summed E-state index contributed by atoms with van der Waals surface area (Å²) in [5.74, 6) is -0.374. The van der Waals surface area contributed by atoms with E-state index in [4.69, 9.17) is 21.1 Å². The van der Waals surface area contributed by atoms with E-state index in [0.717, 1.165) is 17.7 Å². The average molecular weight is 460 g/mol. The fraction of sp³-hybridized carbons (Fsp3) is 0.185. The number of benzene rings is 3. The summed E-state index contributed by atoms with van der Waals surface area (Å²) < 4.78 is 10.4. The Bertz CT molecular complexity index is 1250. The van der Waals surface area contributed by atoms with E-state index in [-0.39, 0.29) is 23.3 Å². The van der Waals surface area contributed by atoms with Crippen LogP contribution in [0.2, 0.25) is 5.02 Å². The fourth-order valence-corrected chi connectivity index (χ4v) is 4.84. The van der Waals surface area contributed by atoms with Crippen molar-refractivity contribution in [2.75, 3.05) is 12.4 Å². The number of methoxy groups -OCH3 is 1. The number of rotatable bonds is 4. The molecule has 1 aliphatic heterocycles. The van der Waals surface area contributed by atoms with Gasteiger partial charge in [0.15, 0.2) is 0 Å². The first-order valence-corrected chi connectivity index (χ1v) is 11.1. The van der Waals surface area contributed by atoms with Crippen molar-refractivity contribution in [2.24, 2.45) is 5.92 Å². The van der Waals surface area contributed by atoms with Gasteiger partial charge in [-0.1, -0.05) is 48.0 Å². The maximum absolute atomic E-state index is 12.9. The van der Waals surface area contributed by atoms with E-state index in [2.05, 4.69) is 29.6 Å². The summed E-state index contributed by atoms with van der Waals surface area (Å²) in [6.45, 7) is 0. The number of hydrogen-bond donors (Lipinski definition) is 1. The first-order valence-electron chi connectivity index (χ1n) is 10.8. The largest absolute Gasteiger partial charge is 0.465 e. The van der Waals surface area contributed by atoms with Gasteiger partial charge >= 0.3 is 11.9 Å². The molecule has 166 valence electrons. The van der Waals surface area contributed by atoms with Gasteiger partial charge < -0.3 is 14.8 Å². The monoisotopic (exact) mass is 459 g/mol. The van der Waals surface area contributed by atoms with E-state index in [1.807, 2.05) is 24.3 Å². The molecule has 5 rings (SSSR count). The molecule has 0 unspecified atom stereocenters. The first kappa shape index (κ1) is 21.3. The predicted octanol–water partition coefficient (Wildman–Crippen LogP) is 6.17. The van der Waals surface area contributed by atoms with E-state index >= 15 is 0 Å². The van der Waals surface area contributed by atoms with Crippen LogP contribution in [0.25, 0.3) is 0 Å². The highest BCUT2D eigenvalue weighted by Crippen LogP contribution is 2.50. The van der Waals surface area contributed by atoms with Gasteiger partial charge in [0.1, 0.15) is 11.3 Å². The van der Waals surface area contributed by atoms with Crippen LogP contribution in [0.5, 0.6) is 5.75 Å². The maximum Gasteiger partial charge on any atom is 0.343 e. The van der Waals surface area contributed by atoms with Crippen LogP contribution in [0.4, 0.5) is 5.69 Å². The molecule has 2 aliphatic rings. The lowest BCUT2D eigenvalue weighted by molar-refractivity contribution is 0.0593. The predicted molar refractivity (Wildman–Crippen MR) is 127 cm³/mol. The van der Waals surface area contributed by atoms with E-state index in [1.54, 1.807) is 30.3 Å². The first-order chi connectivity index (χ1) is 16.0. The van der Waals surface area contributed by atoms with E-state index in [1.165, 1.54) is 12.7 Å². The summed E-state index contributed by atoms with van der Waals surface area (Å²) >= 11 is 6.08. The molecule has 0 saturated carbocycles. The van der Waals surface area contributed by atoms with Crippen molar-refractivity contribution < 1.29 is 19.1 Å². The Labute approximate surface area is 197 Å². The Hall–Kier alpha value is -3.57. The van der Waals surface area contributed by atoms with Crippen molar-refractivity contribution in [3.8, 4) is 5.75 Å². The molecule has 0 bridgehead atoms. The van der Waals surface area contributed by atoms with Crippen molar-refractivity contribution in [3.63, 3.8) is 0 Å². The van der Waals surface area contributed by atoms with Crippen LogP contribution in [0.1, 0.15) is 50.2 Å². The molecule has 3 atom stereocenters. The Morgan fingerprint density at radius 1 is 1.00 bits per heavy atom. The molecule has 1 aliphatic carbocycles. The number of esters is 2. The molecule has 1 N–H and O–H groups in total. The summed E-state index contributed by atoms with van der Waals surface area (Å²) in [4.78, 5) is 24.9. The van der Waals surface area contributed by atoms with Crippen LogP contribution in [0.3, 0.4) is 0 Å². The molecule has 0 spiro atoms. The van der Waals surface area contributed by atoms with E-state index in [0.29, 0.717) is 16.5 Å². The van der Waals surface area contributed by atoms with Crippen molar-refractivity contribution in [1.29, 1.82) is 0 Å². The molecule has 3 aromatic carbocycles. The normalized spacial score (nSPS) is 20.4. The molecule has 0 amide bonds. The SMILES string of the molecule is COC(=O)c1ccccc1OC(=O)c1ccc2c(c1)[C@H]1C=CC[C@@H]1[C@H](c1ccc(Cl)cc1)N2. The zero-order chi connectivity index (χ0) is 22.9. The van der Waals surface area contributed by atoms with Crippen LogP contribution >= 0.6 is 11.6 Å². The third kappa shape index (κ3) is 4.00. The molecule has 0 radical (unpaired) electrons. The van der Waals surface area contributed by atoms with Crippen molar-refractivity contribution >= 4 is 29.2 Å². The second kappa shape index (κ2) is 8.75. The number of nitrogens with one attached hydrogen (secondary N) is 1. The number of carbonyl (C=O) groups is 2. The Balaban J connectivity index is 1.43. The highest BCUT2D eigenvalue weighted by molar-refractivity contribution is 6.30. The lowest BCUT2D eigenvalue weighted by Gasteiger charge is -2.37. The lowest BCUT2D eigenvalue weighted by Crippen LogP contribution is -2.29. The minimum Gasteiger partial charge on any atom is -0.465 e. The molecule has 3 aromatic rings. The lowest BCUT2D eigenvalue weighted by atomic mass is 9.76. The van der Waals surface area contributed by atoms with Gasteiger partial charge in [-0.15, -0.1) is 0 Å². The van der Waals surface area contributed by atoms with Gasteiger partial charge in [-0.3, -0.25) is 0 Å². The molecular formula is C27H22ClNO4. The van der Waals surface area contributed by atoms with E-state index in [9.17, 15) is 9.59 Å². The molecule has 1 heterocycles. The van der Waals surface area contributed by atoms with Gasteiger partial charge in [0.05, 0.1) is 18.7 Å². The Kier molecular flexibility index (Phi) is 5.65. The smallest absolute Gasteiger partial charge is 0.343 e. The van der Waals surface area contributed by atoms with Crippen LogP contribution in [-0.2, 0) is 4.74 Å². The number of ether oxygens (including phenoxy) is 2. The summed E-state index contributed by atoms with van der Waals surface area (Å²) in [5, 5.41) is 4.37. The van der Waals surface area contributed by atoms with Gasteiger partial charge in [-0.05, 0) is 65.9 Å². The second-order valence-corrected chi connectivity index (χ2v) is 8.64. The maximum atomic E-state index is 12.9. The van der Waals surface area contributed by atoms with Gasteiger partial charge in [-0.2, -0.15) is 0 Å². The number of allylic oxidation sites excluding steroid dienone is 2. The van der Waals surface area contributed by atoms with Crippen molar-refractivity contribution in [1.82, 2.24) is 0 Å². The molecule has 0 saturated heterocycles. The Morgan fingerprint density at radius 2 is 1.79 bits per heavy atom. The summed E-state index contributed by atoms with van der Waals surface area (Å²) in [7, 11) is 1.29. The molecule has 33 heavy (non-hydrogen) atoms. The molecule has 0 fully saturated rings. The van der Waals surface area contributed by atoms with Crippen molar-refractivity contribution in [2.45, 2.75) is 18.4 Å². The van der Waals surface area contributed by atoms with Crippen molar-refractivity contribution in [3.05, 3.63) is 106 Å². The molecule has 5 nitrogen and oxygen atoms in total. The Morgan fingerprint density at radius 3 is 2.58 bits per heavy atom. The number of hydrogen-bond acceptors (Lipinski definition) is 5. The minimum atomic E-state index is -0.555. The summed E-state index contributed by atoms with van der Waals surface area (Å²) in [5.41, 5.74) is 3.88. The third-order valence-corrected chi connectivity index (χ3v) is 6.57. The number of anilines is 1. The van der Waals surface area contributed by atoms with E-state index < -0.39 is 11.9 Å². The topological polar surface area (TPSA) is 64.6 Å². The quantitative estimate of drug-likeness (QED) is 0.287. The summed E-state index contributed by atoms with van der Waals surface area (Å²) in [6.07, 6.45) is 5.37. The van der Waals surface area contributed by atoms with Gasteiger partial charge in [0.2, 0.25) is 0 Å². The second-order valence-electron chi connectivity index (χ2n) is 8.21. The highest BCUT2D eigenvalue weighted by atomic mass is 35.5. The third-order valence-electron chi connectivity index (χ3n) is 6.32. The van der Waals surface area contributed by atoms with Crippen LogP contribution in [-0.4, -0.2) is 19.0 Å². The summed E-state index contributed by atoms with van der Waals surface area (Å²) in [6, 6.07) is 20.2. The van der Waals surface area contributed by atoms with Gasteiger partial charge in [-0.25, -0.2) is 9.59 Å². The molecular weight excluding hydrogens is 438 g/mol. The average Bonchev–Trinajstić information content (AvgIpc) is 3.34. The molecule has 0 aromatic heterocycles. The molecule has 6 heteroatoms. The number of carbonyl (C=O) groups excluding carboxylic acids is 2. The zero-order valence-electron chi connectivity index (χ0n) is 18.0. The minimum absolute atomic E-state index is 0.152. The zero-order valence-corrected chi connectivity index (χ0v) is 18.7. The number of halogens is 1. The number of fused-ring (bicyclic) bond motifs is 3.